The van der Waals surface area contributed by atoms with Gasteiger partial charge < -0.3 is 50.7 Å². The van der Waals surface area contributed by atoms with Crippen molar-refractivity contribution >= 4 is 5.97 Å². The number of esters is 1. The van der Waals surface area contributed by atoms with Crippen molar-refractivity contribution in [3.05, 3.63) is 17.7 Å². The molecule has 0 heterocycles. The van der Waals surface area contributed by atoms with E-state index < -0.39 is 66.1 Å². The number of phenols is 3. The van der Waals surface area contributed by atoms with Crippen LogP contribution in [0.3, 0.4) is 0 Å². The second kappa shape index (κ2) is 8.10. The lowest BCUT2D eigenvalue weighted by atomic mass is 10.0. The molecule has 0 aliphatic heterocycles. The lowest BCUT2D eigenvalue weighted by Gasteiger charge is -2.28. The predicted molar refractivity (Wildman–Crippen MR) is 74.0 cm³/mol. The molecule has 0 aliphatic carbocycles. The Morgan fingerprint density at radius 2 is 1.42 bits per heavy atom. The van der Waals surface area contributed by atoms with Gasteiger partial charge in [0.25, 0.3) is 0 Å². The van der Waals surface area contributed by atoms with Gasteiger partial charge in [-0.2, -0.15) is 0 Å². The van der Waals surface area contributed by atoms with Crippen molar-refractivity contribution in [3.63, 3.8) is 0 Å². The lowest BCUT2D eigenvalue weighted by Crippen LogP contribution is -2.50. The maximum absolute atomic E-state index is 11.7. The summed E-state index contributed by atoms with van der Waals surface area (Å²) >= 11 is 0. The van der Waals surface area contributed by atoms with Crippen molar-refractivity contribution in [2.75, 3.05) is 6.61 Å². The third-order valence-electron chi connectivity index (χ3n) is 3.11. The minimum Gasteiger partial charge on any atom is -0.504 e. The molecule has 0 bridgehead atoms. The summed E-state index contributed by atoms with van der Waals surface area (Å²) in [6.45, 7) is -0.938. The molecule has 136 valence electrons. The second-order valence-electron chi connectivity index (χ2n) is 4.88. The fourth-order valence-electron chi connectivity index (χ4n) is 1.68. The Hall–Kier alpha value is -2.15. The number of carbonyl (C=O) groups excluding carboxylic acids is 1. The van der Waals surface area contributed by atoms with Crippen molar-refractivity contribution < 1.29 is 55.5 Å². The maximum Gasteiger partial charge on any atom is 0.340 e. The zero-order valence-electron chi connectivity index (χ0n) is 12.1. The van der Waals surface area contributed by atoms with Gasteiger partial charge in [-0.25, -0.2) is 4.79 Å². The number of aliphatic hydroxyl groups excluding tert-OH is 6. The van der Waals surface area contributed by atoms with Crippen LogP contribution in [0.25, 0.3) is 0 Å². The summed E-state index contributed by atoms with van der Waals surface area (Å²) in [4.78, 5) is 11.7. The van der Waals surface area contributed by atoms with Crippen LogP contribution in [0.4, 0.5) is 0 Å². The van der Waals surface area contributed by atoms with E-state index in [0.717, 1.165) is 0 Å². The van der Waals surface area contributed by atoms with Crippen LogP contribution in [0.1, 0.15) is 10.4 Å². The molecule has 1 aromatic carbocycles. The molecule has 11 nitrogen and oxygen atoms in total. The van der Waals surface area contributed by atoms with Crippen LogP contribution in [0.5, 0.6) is 17.2 Å². The first kappa shape index (κ1) is 19.9. The predicted octanol–water partition coefficient (Wildman–Crippen LogP) is -3.29. The summed E-state index contributed by atoms with van der Waals surface area (Å²) in [6, 6.07) is 1.41. The molecule has 9 N–H and O–H groups in total. The van der Waals surface area contributed by atoms with E-state index in [0.29, 0.717) is 12.1 Å². The van der Waals surface area contributed by atoms with Crippen molar-refractivity contribution in [2.45, 2.75) is 30.7 Å². The Bertz CT molecular complexity index is 552. The largest absolute Gasteiger partial charge is 0.504 e. The van der Waals surface area contributed by atoms with E-state index in [1.54, 1.807) is 0 Å². The highest BCUT2D eigenvalue weighted by molar-refractivity contribution is 5.91. The summed E-state index contributed by atoms with van der Waals surface area (Å²) in [7, 11) is 0. The fraction of sp³-hybridized carbons (Fsp3) is 0.462. The highest BCUT2D eigenvalue weighted by Crippen LogP contribution is 2.35. The average Bonchev–Trinajstić information content (AvgIpc) is 2.55. The van der Waals surface area contributed by atoms with Gasteiger partial charge in [0, 0.05) is 0 Å². The van der Waals surface area contributed by atoms with E-state index >= 15 is 0 Å². The fourth-order valence-corrected chi connectivity index (χ4v) is 1.68. The minimum atomic E-state index is -2.36. The number of phenolic OH excluding ortho intramolecular Hbond substituents is 3. The van der Waals surface area contributed by atoms with Crippen LogP contribution in [-0.2, 0) is 4.74 Å². The molecule has 0 saturated heterocycles. The van der Waals surface area contributed by atoms with Gasteiger partial charge in [-0.3, -0.25) is 0 Å². The van der Waals surface area contributed by atoms with E-state index in [1.165, 1.54) is 0 Å². The number of benzene rings is 1. The number of rotatable bonds is 7. The van der Waals surface area contributed by atoms with Gasteiger partial charge in [-0.05, 0) is 12.1 Å². The average molecular weight is 350 g/mol. The standard InChI is InChI=1S/C13H18O11/c14-3-7(17)9(19)10(20)11(21)13(23)24-12(22)4-1-5(15)8(18)6(16)2-4/h1-2,7,9-11,13-21,23H,3H2/t7-,9-,10-,11-,13?/m1/s1. The third kappa shape index (κ3) is 4.44. The first-order chi connectivity index (χ1) is 11.1. The zero-order chi connectivity index (χ0) is 18.6. The van der Waals surface area contributed by atoms with E-state index in [2.05, 4.69) is 4.74 Å². The van der Waals surface area contributed by atoms with Crippen LogP contribution in [0.15, 0.2) is 12.1 Å². The lowest BCUT2D eigenvalue weighted by molar-refractivity contribution is -0.191. The first-order valence-corrected chi connectivity index (χ1v) is 6.57. The van der Waals surface area contributed by atoms with Crippen molar-refractivity contribution in [3.8, 4) is 17.2 Å². The topological polar surface area (TPSA) is 208 Å². The van der Waals surface area contributed by atoms with Crippen LogP contribution in [0.2, 0.25) is 0 Å². The molecule has 0 radical (unpaired) electrons. The van der Waals surface area contributed by atoms with Gasteiger partial charge in [0.15, 0.2) is 17.2 Å². The van der Waals surface area contributed by atoms with E-state index in [4.69, 9.17) is 15.3 Å². The third-order valence-corrected chi connectivity index (χ3v) is 3.11. The molecule has 1 aromatic rings. The number of aromatic hydroxyl groups is 3. The molecule has 1 unspecified atom stereocenters. The van der Waals surface area contributed by atoms with Gasteiger partial charge >= 0.3 is 5.97 Å². The maximum atomic E-state index is 11.7. The number of carbonyl (C=O) groups is 1. The summed E-state index contributed by atoms with van der Waals surface area (Å²) in [5.74, 6) is -3.93. The Kier molecular flexibility index (Phi) is 6.71. The van der Waals surface area contributed by atoms with Gasteiger partial charge in [0.05, 0.1) is 12.2 Å². The van der Waals surface area contributed by atoms with Gasteiger partial charge in [-0.15, -0.1) is 0 Å². The SMILES string of the molecule is O=C(OC(O)[C@H](O)[C@H](O)[C@H](O)[C@H](O)CO)c1cc(O)c(O)c(O)c1. The summed E-state index contributed by atoms with van der Waals surface area (Å²) < 4.78 is 4.38. The number of aliphatic hydroxyl groups is 6. The molecular formula is C13H18O11. The van der Waals surface area contributed by atoms with Crippen molar-refractivity contribution in [2.24, 2.45) is 0 Å². The minimum absolute atomic E-state index is 0.500. The van der Waals surface area contributed by atoms with Crippen molar-refractivity contribution in [1.29, 1.82) is 0 Å². The van der Waals surface area contributed by atoms with Crippen LogP contribution < -0.4 is 0 Å². The van der Waals surface area contributed by atoms with E-state index in [-0.39, 0.29) is 0 Å². The Morgan fingerprint density at radius 1 is 0.917 bits per heavy atom. The Morgan fingerprint density at radius 3 is 1.88 bits per heavy atom. The first-order valence-electron chi connectivity index (χ1n) is 6.57. The normalized spacial score (nSPS) is 17.6. The number of ether oxygens (including phenoxy) is 1. The zero-order valence-corrected chi connectivity index (χ0v) is 12.1. The quantitative estimate of drug-likeness (QED) is 0.135. The highest BCUT2D eigenvalue weighted by Gasteiger charge is 2.36. The van der Waals surface area contributed by atoms with E-state index in [1.807, 2.05) is 0 Å². The molecule has 0 amide bonds. The highest BCUT2D eigenvalue weighted by atomic mass is 16.6. The van der Waals surface area contributed by atoms with Crippen molar-refractivity contribution in [1.82, 2.24) is 0 Å². The smallest absolute Gasteiger partial charge is 0.340 e. The van der Waals surface area contributed by atoms with Gasteiger partial charge in [0.2, 0.25) is 6.29 Å². The summed E-state index contributed by atoms with van der Waals surface area (Å²) in [5, 5.41) is 83.5. The van der Waals surface area contributed by atoms with Crippen LogP contribution >= 0.6 is 0 Å². The van der Waals surface area contributed by atoms with Gasteiger partial charge in [0.1, 0.15) is 24.4 Å². The molecule has 1 rings (SSSR count). The van der Waals surface area contributed by atoms with Crippen LogP contribution in [-0.4, -0.2) is 89.2 Å². The number of hydrogen-bond acceptors (Lipinski definition) is 11. The summed E-state index contributed by atoms with van der Waals surface area (Å²) in [6.07, 6.45) is -10.6. The molecule has 0 aromatic heterocycles. The second-order valence-corrected chi connectivity index (χ2v) is 4.88. The summed E-state index contributed by atoms with van der Waals surface area (Å²) in [5.41, 5.74) is -0.500. The molecule has 0 saturated carbocycles. The molecule has 0 spiro atoms. The van der Waals surface area contributed by atoms with E-state index in [9.17, 15) is 35.4 Å². The molecular weight excluding hydrogens is 332 g/mol. The monoisotopic (exact) mass is 350 g/mol. The Labute approximate surface area is 134 Å². The van der Waals surface area contributed by atoms with Gasteiger partial charge in [-0.1, -0.05) is 0 Å². The van der Waals surface area contributed by atoms with Crippen LogP contribution in [0, 0.1) is 0 Å². The number of hydrogen-bond donors (Lipinski definition) is 9. The molecule has 0 aliphatic rings. The molecule has 11 heteroatoms. The molecule has 0 fully saturated rings. The molecule has 24 heavy (non-hydrogen) atoms. The molecule has 5 atom stereocenters. The Balaban J connectivity index is 2.79.